The molecule has 2 N–H and O–H groups in total. The molecule has 1 fully saturated rings. The third kappa shape index (κ3) is 5.92. The maximum absolute atomic E-state index is 12.2. The molecule has 1 heterocycles. The van der Waals surface area contributed by atoms with Crippen LogP contribution in [0.1, 0.15) is 36.3 Å². The molecule has 0 bridgehead atoms. The smallest absolute Gasteiger partial charge is 0.312 e. The zero-order chi connectivity index (χ0) is 19.8. The van der Waals surface area contributed by atoms with Gasteiger partial charge in [-0.25, -0.2) is 0 Å². The van der Waals surface area contributed by atoms with E-state index in [-0.39, 0.29) is 11.9 Å². The van der Waals surface area contributed by atoms with Gasteiger partial charge in [-0.05, 0) is 30.4 Å². The van der Waals surface area contributed by atoms with Gasteiger partial charge in [0.15, 0.2) is 0 Å². The Hall–Kier alpha value is -2.66. The summed E-state index contributed by atoms with van der Waals surface area (Å²) in [5, 5.41) is 12.7. The first-order chi connectivity index (χ1) is 13.6. The van der Waals surface area contributed by atoms with Gasteiger partial charge < -0.3 is 15.3 Å². The summed E-state index contributed by atoms with van der Waals surface area (Å²) < 4.78 is 0. The van der Waals surface area contributed by atoms with Gasteiger partial charge in [0.05, 0.1) is 5.92 Å². The van der Waals surface area contributed by atoms with Crippen molar-refractivity contribution < 1.29 is 14.7 Å². The fourth-order valence-electron chi connectivity index (χ4n) is 3.73. The Morgan fingerprint density at radius 2 is 1.61 bits per heavy atom. The van der Waals surface area contributed by atoms with E-state index in [1.54, 1.807) is 0 Å². The SMILES string of the molecule is O=C(CCc1ccccc1)NC1CCN(CC(C(=O)O)c2ccccc2)CC1. The number of rotatable bonds is 8. The number of piperidine rings is 1. The number of aliphatic carboxylic acids is 1. The minimum atomic E-state index is -0.789. The molecular weight excluding hydrogens is 352 g/mol. The molecule has 148 valence electrons. The van der Waals surface area contributed by atoms with E-state index < -0.39 is 11.9 Å². The van der Waals surface area contributed by atoms with Crippen LogP contribution in [0.4, 0.5) is 0 Å². The number of carboxylic acids is 1. The van der Waals surface area contributed by atoms with Crippen molar-refractivity contribution in [3.05, 3.63) is 71.8 Å². The van der Waals surface area contributed by atoms with Gasteiger partial charge in [0.25, 0.3) is 0 Å². The summed E-state index contributed by atoms with van der Waals surface area (Å²) in [6, 6.07) is 19.6. The van der Waals surface area contributed by atoms with Crippen LogP contribution in [0, 0.1) is 0 Å². The van der Waals surface area contributed by atoms with Gasteiger partial charge >= 0.3 is 5.97 Å². The summed E-state index contributed by atoms with van der Waals surface area (Å²) in [4.78, 5) is 26.1. The van der Waals surface area contributed by atoms with Gasteiger partial charge in [-0.1, -0.05) is 60.7 Å². The lowest BCUT2D eigenvalue weighted by Crippen LogP contribution is -2.46. The molecule has 1 aliphatic rings. The van der Waals surface area contributed by atoms with Crippen LogP contribution in [0.5, 0.6) is 0 Å². The number of carboxylic acid groups (broad SMARTS) is 1. The van der Waals surface area contributed by atoms with Gasteiger partial charge in [0.1, 0.15) is 0 Å². The zero-order valence-electron chi connectivity index (χ0n) is 16.1. The number of carbonyl (C=O) groups excluding carboxylic acids is 1. The number of amides is 1. The van der Waals surface area contributed by atoms with E-state index in [4.69, 9.17) is 0 Å². The highest BCUT2D eigenvalue weighted by molar-refractivity contribution is 5.77. The highest BCUT2D eigenvalue weighted by Gasteiger charge is 2.26. The molecule has 5 heteroatoms. The Balaban J connectivity index is 1.42. The van der Waals surface area contributed by atoms with Crippen LogP contribution >= 0.6 is 0 Å². The summed E-state index contributed by atoms with van der Waals surface area (Å²) in [5.41, 5.74) is 2.01. The van der Waals surface area contributed by atoms with E-state index in [0.717, 1.165) is 37.9 Å². The van der Waals surface area contributed by atoms with Crippen molar-refractivity contribution in [2.75, 3.05) is 19.6 Å². The number of nitrogens with one attached hydrogen (secondary N) is 1. The van der Waals surface area contributed by atoms with Crippen LogP contribution in [0.15, 0.2) is 60.7 Å². The second-order valence-electron chi connectivity index (χ2n) is 7.43. The van der Waals surface area contributed by atoms with Crippen molar-refractivity contribution in [1.29, 1.82) is 0 Å². The molecule has 1 atom stereocenters. The monoisotopic (exact) mass is 380 g/mol. The zero-order valence-corrected chi connectivity index (χ0v) is 16.1. The van der Waals surface area contributed by atoms with Gasteiger partial charge in [0.2, 0.25) is 5.91 Å². The molecule has 0 aromatic heterocycles. The van der Waals surface area contributed by atoms with E-state index in [1.807, 2.05) is 60.7 Å². The van der Waals surface area contributed by atoms with E-state index >= 15 is 0 Å². The van der Waals surface area contributed by atoms with Crippen molar-refractivity contribution >= 4 is 11.9 Å². The maximum Gasteiger partial charge on any atom is 0.312 e. The van der Waals surface area contributed by atoms with Crippen LogP contribution in [0.2, 0.25) is 0 Å². The highest BCUT2D eigenvalue weighted by atomic mass is 16.4. The Labute approximate surface area is 166 Å². The van der Waals surface area contributed by atoms with E-state index in [1.165, 1.54) is 5.56 Å². The summed E-state index contributed by atoms with van der Waals surface area (Å²) in [6.07, 6.45) is 2.97. The molecule has 0 spiro atoms. The Kier molecular flexibility index (Phi) is 7.20. The van der Waals surface area contributed by atoms with E-state index in [2.05, 4.69) is 10.2 Å². The highest BCUT2D eigenvalue weighted by Crippen LogP contribution is 2.20. The van der Waals surface area contributed by atoms with Gasteiger partial charge in [-0.3, -0.25) is 9.59 Å². The number of aryl methyl sites for hydroxylation is 1. The summed E-state index contributed by atoms with van der Waals surface area (Å²) in [7, 11) is 0. The van der Waals surface area contributed by atoms with Crippen molar-refractivity contribution in [3.63, 3.8) is 0 Å². The van der Waals surface area contributed by atoms with Crippen molar-refractivity contribution in [2.45, 2.75) is 37.6 Å². The lowest BCUT2D eigenvalue weighted by molar-refractivity contribution is -0.139. The minimum Gasteiger partial charge on any atom is -0.481 e. The molecule has 2 aromatic carbocycles. The molecule has 2 aromatic rings. The molecule has 1 amide bonds. The largest absolute Gasteiger partial charge is 0.481 e. The molecule has 28 heavy (non-hydrogen) atoms. The molecule has 0 saturated carbocycles. The second-order valence-corrected chi connectivity index (χ2v) is 7.43. The van der Waals surface area contributed by atoms with Crippen molar-refractivity contribution in [1.82, 2.24) is 10.2 Å². The molecule has 0 radical (unpaired) electrons. The Bertz CT molecular complexity index is 756. The number of hydrogen-bond acceptors (Lipinski definition) is 3. The van der Waals surface area contributed by atoms with Gasteiger partial charge in [0, 0.05) is 32.1 Å². The number of hydrogen-bond donors (Lipinski definition) is 2. The van der Waals surface area contributed by atoms with Crippen LogP contribution < -0.4 is 5.32 Å². The molecule has 5 nitrogen and oxygen atoms in total. The number of benzene rings is 2. The Morgan fingerprint density at radius 3 is 2.21 bits per heavy atom. The Morgan fingerprint density at radius 1 is 1.00 bits per heavy atom. The van der Waals surface area contributed by atoms with Gasteiger partial charge in [-0.15, -0.1) is 0 Å². The van der Waals surface area contributed by atoms with E-state index in [9.17, 15) is 14.7 Å². The van der Waals surface area contributed by atoms with Gasteiger partial charge in [-0.2, -0.15) is 0 Å². The molecule has 1 saturated heterocycles. The predicted molar refractivity (Wildman–Crippen MR) is 109 cm³/mol. The average Bonchev–Trinajstić information content (AvgIpc) is 2.73. The summed E-state index contributed by atoms with van der Waals surface area (Å²) in [5.74, 6) is -1.21. The molecule has 1 unspecified atom stereocenters. The number of nitrogens with zero attached hydrogens (tertiary/aromatic N) is 1. The van der Waals surface area contributed by atoms with Crippen LogP contribution in [0.3, 0.4) is 0 Å². The van der Waals surface area contributed by atoms with Crippen molar-refractivity contribution in [2.24, 2.45) is 0 Å². The number of likely N-dealkylation sites (tertiary alicyclic amines) is 1. The molecular formula is C23H28N2O3. The van der Waals surface area contributed by atoms with E-state index in [0.29, 0.717) is 13.0 Å². The average molecular weight is 380 g/mol. The van der Waals surface area contributed by atoms with Crippen LogP contribution in [-0.4, -0.2) is 47.6 Å². The first-order valence-corrected chi connectivity index (χ1v) is 9.95. The first kappa shape index (κ1) is 20.1. The molecule has 1 aliphatic heterocycles. The topological polar surface area (TPSA) is 69.6 Å². The summed E-state index contributed by atoms with van der Waals surface area (Å²) in [6.45, 7) is 2.12. The standard InChI is InChI=1S/C23H28N2O3/c26-22(12-11-18-7-3-1-4-8-18)24-20-13-15-25(16-14-20)17-21(23(27)28)19-9-5-2-6-10-19/h1-10,20-21H,11-17H2,(H,24,26)(H,27,28). The lowest BCUT2D eigenvalue weighted by atomic mass is 9.96. The molecule has 3 rings (SSSR count). The van der Waals surface area contributed by atoms with Crippen LogP contribution in [-0.2, 0) is 16.0 Å². The molecule has 0 aliphatic carbocycles. The predicted octanol–water partition coefficient (Wildman–Crippen LogP) is 3.07. The lowest BCUT2D eigenvalue weighted by Gasteiger charge is -2.33. The quantitative estimate of drug-likeness (QED) is 0.738. The third-order valence-corrected chi connectivity index (χ3v) is 5.38. The maximum atomic E-state index is 12.2. The fourth-order valence-corrected chi connectivity index (χ4v) is 3.73. The number of carbonyl (C=O) groups is 2. The normalized spacial score (nSPS) is 16.4. The third-order valence-electron chi connectivity index (χ3n) is 5.38. The first-order valence-electron chi connectivity index (χ1n) is 9.95. The van der Waals surface area contributed by atoms with Crippen LogP contribution in [0.25, 0.3) is 0 Å². The fraction of sp³-hybridized carbons (Fsp3) is 0.391. The summed E-state index contributed by atoms with van der Waals surface area (Å²) >= 11 is 0. The minimum absolute atomic E-state index is 0.0926. The second kappa shape index (κ2) is 10.0. The van der Waals surface area contributed by atoms with Crippen molar-refractivity contribution in [3.8, 4) is 0 Å².